The molecule has 4 aromatic rings. The molecule has 2 fully saturated rings. The van der Waals surface area contributed by atoms with E-state index in [1.807, 2.05) is 56.0 Å². The Morgan fingerprint density at radius 3 is 2.39 bits per heavy atom. The summed E-state index contributed by atoms with van der Waals surface area (Å²) in [6.45, 7) is 11.6. The Bertz CT molecular complexity index is 1950. The first-order valence-electron chi connectivity index (χ1n) is 18.9. The van der Waals surface area contributed by atoms with E-state index in [0.717, 1.165) is 37.7 Å². The van der Waals surface area contributed by atoms with Crippen LogP contribution in [0.3, 0.4) is 0 Å². The maximum Gasteiger partial charge on any atom is 0.394 e. The van der Waals surface area contributed by atoms with Crippen molar-refractivity contribution in [2.45, 2.75) is 95.0 Å². The SMILES string of the molecule is CC1(C)CC(C(CCNc2cccc(SNC(=O)c3ccc(-n4ccc(OCCC5(C(F)(F)F)CC5)n4)nc3Cl)n2)c2ccccc2)CN1C=O.COC(C)(C)C. The number of hydrogen-bond acceptors (Lipinski definition) is 9. The van der Waals surface area contributed by atoms with Gasteiger partial charge in [0.05, 0.1) is 23.2 Å². The lowest BCUT2D eigenvalue weighted by atomic mass is 9.80. The zero-order chi connectivity index (χ0) is 41.4. The Hall–Kier alpha value is -4.34. The molecule has 2 atom stereocenters. The molecule has 2 amide bonds. The molecular formula is C41H51ClF3N7O4S. The van der Waals surface area contributed by atoms with Crippen LogP contribution in [-0.2, 0) is 9.53 Å². The zero-order valence-electron chi connectivity index (χ0n) is 33.1. The summed E-state index contributed by atoms with van der Waals surface area (Å²) in [6, 6.07) is 20.5. The molecule has 2 aliphatic rings. The fraction of sp³-hybridized carbons (Fsp3) is 0.488. The lowest BCUT2D eigenvalue weighted by Gasteiger charge is -2.27. The van der Waals surface area contributed by atoms with Crippen molar-refractivity contribution in [1.82, 2.24) is 29.4 Å². The zero-order valence-corrected chi connectivity index (χ0v) is 34.7. The molecule has 11 nitrogen and oxygen atoms in total. The Morgan fingerprint density at radius 2 is 1.77 bits per heavy atom. The lowest BCUT2D eigenvalue weighted by molar-refractivity contribution is -0.190. The number of carbonyl (C=O) groups excluding carboxylic acids is 2. The van der Waals surface area contributed by atoms with Crippen LogP contribution < -0.4 is 14.8 Å². The normalized spacial score (nSPS) is 17.6. The van der Waals surface area contributed by atoms with Crippen LogP contribution in [0.4, 0.5) is 19.0 Å². The minimum absolute atomic E-state index is 0.0417. The van der Waals surface area contributed by atoms with E-state index in [0.29, 0.717) is 29.1 Å². The molecule has 308 valence electrons. The van der Waals surface area contributed by atoms with Crippen molar-refractivity contribution in [3.63, 3.8) is 0 Å². The number of amides is 2. The van der Waals surface area contributed by atoms with E-state index < -0.39 is 17.5 Å². The molecule has 2 unspecified atom stereocenters. The van der Waals surface area contributed by atoms with Gasteiger partial charge in [0.2, 0.25) is 12.3 Å². The van der Waals surface area contributed by atoms with Crippen molar-refractivity contribution in [3.05, 3.63) is 89.2 Å². The molecule has 16 heteroatoms. The molecule has 1 aliphatic heterocycles. The van der Waals surface area contributed by atoms with E-state index >= 15 is 0 Å². The Kier molecular flexibility index (Phi) is 14.2. The Morgan fingerprint density at radius 1 is 1.05 bits per heavy atom. The molecule has 1 aromatic carbocycles. The van der Waals surface area contributed by atoms with Gasteiger partial charge in [-0.05, 0) is 108 Å². The van der Waals surface area contributed by atoms with Crippen LogP contribution in [0.5, 0.6) is 5.88 Å². The van der Waals surface area contributed by atoms with Crippen molar-refractivity contribution >= 4 is 41.7 Å². The highest BCUT2D eigenvalue weighted by Crippen LogP contribution is 2.59. The van der Waals surface area contributed by atoms with Crippen LogP contribution in [-0.4, -0.2) is 81.1 Å². The predicted octanol–water partition coefficient (Wildman–Crippen LogP) is 9.14. The number of pyridine rings is 2. The number of nitrogens with one attached hydrogen (secondary N) is 2. The molecule has 6 rings (SSSR count). The van der Waals surface area contributed by atoms with Gasteiger partial charge in [0.15, 0.2) is 5.82 Å². The van der Waals surface area contributed by atoms with Gasteiger partial charge in [0.25, 0.3) is 5.91 Å². The quantitative estimate of drug-likeness (QED) is 0.0686. The molecule has 0 radical (unpaired) electrons. The van der Waals surface area contributed by atoms with Crippen LogP contribution in [0.1, 0.15) is 88.6 Å². The molecular weight excluding hydrogens is 779 g/mol. The summed E-state index contributed by atoms with van der Waals surface area (Å²) in [4.78, 5) is 35.5. The second kappa shape index (κ2) is 18.5. The van der Waals surface area contributed by atoms with Gasteiger partial charge < -0.3 is 19.7 Å². The predicted molar refractivity (Wildman–Crippen MR) is 216 cm³/mol. The molecule has 3 aromatic heterocycles. The highest BCUT2D eigenvalue weighted by atomic mass is 35.5. The van der Waals surface area contributed by atoms with Crippen LogP contribution >= 0.6 is 23.5 Å². The van der Waals surface area contributed by atoms with Gasteiger partial charge in [-0.25, -0.2) is 14.6 Å². The summed E-state index contributed by atoms with van der Waals surface area (Å²) in [5.41, 5.74) is -0.389. The Balaban J connectivity index is 0.000000959. The molecule has 2 N–H and O–H groups in total. The van der Waals surface area contributed by atoms with E-state index in [1.165, 1.54) is 22.4 Å². The number of hydrogen-bond donors (Lipinski definition) is 2. The van der Waals surface area contributed by atoms with Crippen molar-refractivity contribution in [2.24, 2.45) is 11.3 Å². The topological polar surface area (TPSA) is 123 Å². The summed E-state index contributed by atoms with van der Waals surface area (Å²) in [6.07, 6.45) is 0.168. The van der Waals surface area contributed by atoms with E-state index in [4.69, 9.17) is 21.1 Å². The number of benzene rings is 1. The van der Waals surface area contributed by atoms with E-state index in [1.54, 1.807) is 25.4 Å². The average Bonchev–Trinajstić information content (AvgIpc) is 3.72. The maximum atomic E-state index is 13.2. The fourth-order valence-corrected chi connectivity index (χ4v) is 7.48. The number of methoxy groups -OCH3 is 1. The van der Waals surface area contributed by atoms with Crippen LogP contribution in [0.15, 0.2) is 78.0 Å². The van der Waals surface area contributed by atoms with Crippen molar-refractivity contribution in [2.75, 3.05) is 32.1 Å². The van der Waals surface area contributed by atoms with Crippen LogP contribution in [0.25, 0.3) is 5.82 Å². The second-order valence-corrected chi connectivity index (χ2v) is 17.1. The highest BCUT2D eigenvalue weighted by molar-refractivity contribution is 7.97. The van der Waals surface area contributed by atoms with Crippen molar-refractivity contribution < 1.29 is 32.2 Å². The lowest BCUT2D eigenvalue weighted by Crippen LogP contribution is -2.36. The molecule has 1 saturated carbocycles. The van der Waals surface area contributed by atoms with Crippen molar-refractivity contribution in [1.29, 1.82) is 0 Å². The van der Waals surface area contributed by atoms with Gasteiger partial charge in [-0.3, -0.25) is 14.3 Å². The number of aromatic nitrogens is 4. The summed E-state index contributed by atoms with van der Waals surface area (Å²) < 4.78 is 54.0. The molecule has 1 aliphatic carbocycles. The van der Waals surface area contributed by atoms with Gasteiger partial charge in [-0.1, -0.05) is 48.0 Å². The monoisotopic (exact) mass is 829 g/mol. The fourth-order valence-electron chi connectivity index (χ4n) is 6.64. The first-order valence-corrected chi connectivity index (χ1v) is 20.1. The van der Waals surface area contributed by atoms with Gasteiger partial charge >= 0.3 is 6.18 Å². The molecule has 0 spiro atoms. The number of anilines is 1. The molecule has 0 bridgehead atoms. The molecule has 57 heavy (non-hydrogen) atoms. The first-order chi connectivity index (χ1) is 26.9. The number of alkyl halides is 3. The summed E-state index contributed by atoms with van der Waals surface area (Å²) in [7, 11) is 1.71. The van der Waals surface area contributed by atoms with E-state index in [-0.39, 0.29) is 59.5 Å². The number of carbonyl (C=O) groups is 2. The molecule has 4 heterocycles. The first kappa shape index (κ1) is 43.8. The van der Waals surface area contributed by atoms with Crippen LogP contribution in [0, 0.1) is 11.3 Å². The Labute approximate surface area is 341 Å². The van der Waals surface area contributed by atoms with Gasteiger partial charge in [-0.2, -0.15) is 13.2 Å². The third-order valence-electron chi connectivity index (χ3n) is 10.4. The maximum absolute atomic E-state index is 13.2. The minimum Gasteiger partial charge on any atom is -0.477 e. The third-order valence-corrected chi connectivity index (χ3v) is 11.4. The summed E-state index contributed by atoms with van der Waals surface area (Å²) >= 11 is 7.42. The highest BCUT2D eigenvalue weighted by Gasteiger charge is 2.62. The van der Waals surface area contributed by atoms with Crippen LogP contribution in [0.2, 0.25) is 5.15 Å². The number of ether oxygens (including phenoxy) is 2. The van der Waals surface area contributed by atoms with Crippen molar-refractivity contribution in [3.8, 4) is 11.7 Å². The van der Waals surface area contributed by atoms with Gasteiger partial charge in [-0.15, -0.1) is 5.10 Å². The molecule has 1 saturated heterocycles. The minimum atomic E-state index is -4.23. The summed E-state index contributed by atoms with van der Waals surface area (Å²) in [5, 5.41) is 8.15. The number of likely N-dealkylation sites (tertiary alicyclic amines) is 1. The number of rotatable bonds is 15. The summed E-state index contributed by atoms with van der Waals surface area (Å²) in [5.74, 6) is 1.26. The largest absolute Gasteiger partial charge is 0.477 e. The number of halogens is 4. The van der Waals surface area contributed by atoms with Gasteiger partial charge in [0.1, 0.15) is 16.0 Å². The third kappa shape index (κ3) is 11.9. The number of nitrogens with zero attached hydrogens (tertiary/aromatic N) is 5. The standard InChI is InChI=1S/C36H39ClF3N7O3S.C5H12O/c1-34(2)21-25(22-46(34)23-48)26(24-7-4-3-5-8-24)13-18-41-28-9-6-10-31(42-28)51-45-33(49)27-11-12-29(43-32(27)37)47-19-14-30(44-47)50-20-17-35(15-16-35)36(38,39)40;1-5(2,3)6-4/h3-12,14,19,23,25-26H,13,15-18,20-22H2,1-2H3,(H,41,42)(H,45,49);1-4H3. The van der Waals surface area contributed by atoms with E-state index in [9.17, 15) is 22.8 Å². The van der Waals surface area contributed by atoms with Gasteiger partial charge in [0, 0.05) is 49.9 Å². The smallest absolute Gasteiger partial charge is 0.394 e. The average molecular weight is 830 g/mol. The second-order valence-electron chi connectivity index (χ2n) is 16.0. The van der Waals surface area contributed by atoms with E-state index in [2.05, 4.69) is 51.1 Å².